The van der Waals surface area contributed by atoms with Gasteiger partial charge in [0, 0.05) is 24.7 Å². The minimum Gasteiger partial charge on any atom is -0.294 e. The van der Waals surface area contributed by atoms with Gasteiger partial charge >= 0.3 is 0 Å². The second kappa shape index (κ2) is 4.66. The Labute approximate surface area is 75.0 Å². The van der Waals surface area contributed by atoms with Crippen LogP contribution in [-0.2, 0) is 4.79 Å². The van der Waals surface area contributed by atoms with Crippen molar-refractivity contribution in [3.05, 3.63) is 18.5 Å². The first-order valence-electron chi connectivity index (χ1n) is 3.46. The van der Waals surface area contributed by atoms with Crippen LogP contribution in [0.15, 0.2) is 18.5 Å². The molecule has 0 aliphatic heterocycles. The van der Waals surface area contributed by atoms with Crippen molar-refractivity contribution in [3.8, 4) is 0 Å². The van der Waals surface area contributed by atoms with E-state index in [0.29, 0.717) is 11.8 Å². The van der Waals surface area contributed by atoms with E-state index >= 15 is 0 Å². The minimum absolute atomic E-state index is 0.170. The van der Waals surface area contributed by atoms with Crippen LogP contribution in [0.3, 0.4) is 0 Å². The number of halogens is 1. The Kier molecular flexibility index (Phi) is 3.47. The third-order valence-electron chi connectivity index (χ3n) is 1.14. The van der Waals surface area contributed by atoms with Gasteiger partial charge in [-0.15, -0.1) is 11.6 Å². The molecule has 64 valence electrons. The molecule has 0 aliphatic carbocycles. The highest BCUT2D eigenvalue weighted by Gasteiger charge is 2.01. The average molecular weight is 186 g/mol. The Morgan fingerprint density at radius 2 is 2.17 bits per heavy atom. The third kappa shape index (κ3) is 2.84. The van der Waals surface area contributed by atoms with Crippen molar-refractivity contribution in [3.63, 3.8) is 0 Å². The fourth-order valence-corrected chi connectivity index (χ4v) is 0.808. The van der Waals surface area contributed by atoms with Crippen molar-refractivity contribution < 1.29 is 4.79 Å². The fourth-order valence-electron chi connectivity index (χ4n) is 0.637. The lowest BCUT2D eigenvalue weighted by Gasteiger charge is -1.99. The Morgan fingerprint density at radius 3 is 2.75 bits per heavy atom. The number of alkyl halides is 1. The number of amides is 1. The second-order valence-corrected chi connectivity index (χ2v) is 2.44. The number of anilines is 1. The first kappa shape index (κ1) is 8.93. The van der Waals surface area contributed by atoms with Crippen molar-refractivity contribution in [2.45, 2.75) is 6.42 Å². The molecule has 1 aromatic rings. The zero-order chi connectivity index (χ0) is 8.81. The highest BCUT2D eigenvalue weighted by Crippen LogP contribution is 1.95. The molecule has 0 saturated heterocycles. The molecular weight excluding hydrogens is 178 g/mol. The zero-order valence-electron chi connectivity index (χ0n) is 6.33. The highest BCUT2D eigenvalue weighted by atomic mass is 35.5. The van der Waals surface area contributed by atoms with E-state index < -0.39 is 0 Å². The maximum absolute atomic E-state index is 10.9. The topological polar surface area (TPSA) is 54.9 Å². The number of nitrogens with one attached hydrogen (secondary N) is 1. The van der Waals surface area contributed by atoms with Crippen LogP contribution in [-0.4, -0.2) is 21.8 Å². The standard InChI is InChI=1S/C7H8ClN3O/c8-3-2-6(12)11-7-9-4-1-5-10-7/h1,4-5H,2-3H2,(H,9,10,11,12). The molecular formula is C7H8ClN3O. The summed E-state index contributed by atoms with van der Waals surface area (Å²) in [5.74, 6) is 0.447. The summed E-state index contributed by atoms with van der Waals surface area (Å²) < 4.78 is 0. The number of nitrogens with zero attached hydrogens (tertiary/aromatic N) is 2. The van der Waals surface area contributed by atoms with Gasteiger partial charge < -0.3 is 0 Å². The molecule has 0 radical (unpaired) electrons. The van der Waals surface area contributed by atoms with Crippen molar-refractivity contribution >= 4 is 23.5 Å². The number of carbonyl (C=O) groups excluding carboxylic acids is 1. The molecule has 0 aromatic carbocycles. The van der Waals surface area contributed by atoms with Crippen molar-refractivity contribution in [1.29, 1.82) is 0 Å². The first-order chi connectivity index (χ1) is 5.83. The van der Waals surface area contributed by atoms with Crippen molar-refractivity contribution in [2.75, 3.05) is 11.2 Å². The first-order valence-corrected chi connectivity index (χ1v) is 3.99. The Bertz CT molecular complexity index is 252. The molecule has 0 spiro atoms. The van der Waals surface area contributed by atoms with Crippen LogP contribution in [0.1, 0.15) is 6.42 Å². The highest BCUT2D eigenvalue weighted by molar-refractivity contribution is 6.19. The van der Waals surface area contributed by atoms with Crippen molar-refractivity contribution in [2.24, 2.45) is 0 Å². The molecule has 5 heteroatoms. The number of hydrogen-bond donors (Lipinski definition) is 1. The van der Waals surface area contributed by atoms with E-state index in [-0.39, 0.29) is 12.3 Å². The summed E-state index contributed by atoms with van der Waals surface area (Å²) in [5, 5.41) is 2.50. The van der Waals surface area contributed by atoms with Gasteiger partial charge in [-0.05, 0) is 6.07 Å². The molecule has 0 atom stereocenters. The normalized spacial score (nSPS) is 9.42. The zero-order valence-corrected chi connectivity index (χ0v) is 7.08. The van der Waals surface area contributed by atoms with E-state index in [9.17, 15) is 4.79 Å². The molecule has 0 fully saturated rings. The van der Waals surface area contributed by atoms with E-state index in [1.165, 1.54) is 0 Å². The van der Waals surface area contributed by atoms with Crippen LogP contribution in [0.2, 0.25) is 0 Å². The third-order valence-corrected chi connectivity index (χ3v) is 1.33. The van der Waals surface area contributed by atoms with Gasteiger partial charge in [-0.1, -0.05) is 0 Å². The Morgan fingerprint density at radius 1 is 1.50 bits per heavy atom. The average Bonchev–Trinajstić information content (AvgIpc) is 2.06. The molecule has 0 saturated carbocycles. The summed E-state index contributed by atoms with van der Waals surface area (Å²) in [4.78, 5) is 18.6. The lowest BCUT2D eigenvalue weighted by molar-refractivity contribution is -0.115. The predicted octanol–water partition coefficient (Wildman–Crippen LogP) is 1.04. The largest absolute Gasteiger partial charge is 0.294 e. The van der Waals surface area contributed by atoms with Gasteiger partial charge in [0.05, 0.1) is 0 Å². The molecule has 1 N–H and O–H groups in total. The maximum Gasteiger partial charge on any atom is 0.229 e. The Balaban J connectivity index is 2.47. The number of aromatic nitrogens is 2. The minimum atomic E-state index is -0.170. The molecule has 4 nitrogen and oxygen atoms in total. The summed E-state index contributed by atoms with van der Waals surface area (Å²) >= 11 is 5.36. The second-order valence-electron chi connectivity index (χ2n) is 2.06. The fraction of sp³-hybridized carbons (Fsp3) is 0.286. The summed E-state index contributed by atoms with van der Waals surface area (Å²) in [6, 6.07) is 1.68. The molecule has 1 rings (SSSR count). The predicted molar refractivity (Wildman–Crippen MR) is 46.0 cm³/mol. The van der Waals surface area contributed by atoms with E-state index in [4.69, 9.17) is 11.6 Å². The molecule has 0 bridgehead atoms. The summed E-state index contributed by atoms with van der Waals surface area (Å²) in [6.45, 7) is 0. The maximum atomic E-state index is 10.9. The summed E-state index contributed by atoms with van der Waals surface area (Å²) in [6.07, 6.45) is 3.40. The molecule has 1 aromatic heterocycles. The number of rotatable bonds is 3. The molecule has 1 heterocycles. The van der Waals surface area contributed by atoms with Gasteiger partial charge in [0.25, 0.3) is 0 Å². The van der Waals surface area contributed by atoms with E-state index in [0.717, 1.165) is 0 Å². The van der Waals surface area contributed by atoms with E-state index in [1.807, 2.05) is 0 Å². The van der Waals surface area contributed by atoms with Crippen molar-refractivity contribution in [1.82, 2.24) is 9.97 Å². The quantitative estimate of drug-likeness (QED) is 0.716. The van der Waals surface area contributed by atoms with Gasteiger partial charge in [0.2, 0.25) is 11.9 Å². The monoisotopic (exact) mass is 185 g/mol. The van der Waals surface area contributed by atoms with Crippen LogP contribution >= 0.6 is 11.6 Å². The molecule has 12 heavy (non-hydrogen) atoms. The van der Waals surface area contributed by atoms with Crippen LogP contribution in [0.4, 0.5) is 5.95 Å². The number of hydrogen-bond acceptors (Lipinski definition) is 3. The van der Waals surface area contributed by atoms with Crippen LogP contribution in [0.25, 0.3) is 0 Å². The van der Waals surface area contributed by atoms with Gasteiger partial charge in [-0.3, -0.25) is 10.1 Å². The summed E-state index contributed by atoms with van der Waals surface area (Å²) in [5.41, 5.74) is 0. The van der Waals surface area contributed by atoms with Crippen LogP contribution in [0.5, 0.6) is 0 Å². The van der Waals surface area contributed by atoms with Gasteiger partial charge in [0.1, 0.15) is 0 Å². The molecule has 1 amide bonds. The SMILES string of the molecule is O=C(CCCl)Nc1ncccn1. The van der Waals surface area contributed by atoms with E-state index in [1.54, 1.807) is 18.5 Å². The number of carbonyl (C=O) groups is 1. The molecule has 0 aliphatic rings. The smallest absolute Gasteiger partial charge is 0.229 e. The van der Waals surface area contributed by atoms with E-state index in [2.05, 4.69) is 15.3 Å². The van der Waals surface area contributed by atoms with Crippen LogP contribution < -0.4 is 5.32 Å². The molecule has 0 unspecified atom stereocenters. The summed E-state index contributed by atoms with van der Waals surface area (Å²) in [7, 11) is 0. The lowest BCUT2D eigenvalue weighted by Crippen LogP contribution is -2.13. The van der Waals surface area contributed by atoms with Gasteiger partial charge in [0.15, 0.2) is 0 Å². The van der Waals surface area contributed by atoms with Gasteiger partial charge in [-0.25, -0.2) is 9.97 Å². The van der Waals surface area contributed by atoms with Gasteiger partial charge in [-0.2, -0.15) is 0 Å². The van der Waals surface area contributed by atoms with Crippen LogP contribution in [0, 0.1) is 0 Å². The Hall–Kier alpha value is -1.16. The lowest BCUT2D eigenvalue weighted by atomic mass is 10.4.